The van der Waals surface area contributed by atoms with Gasteiger partial charge in [-0.05, 0) is 50.9 Å². The maximum Gasteiger partial charge on any atom is 0.125 e. The zero-order valence-corrected chi connectivity index (χ0v) is 11.4. The fourth-order valence-corrected chi connectivity index (χ4v) is 2.52. The molecule has 0 spiro atoms. The second-order valence-electron chi connectivity index (χ2n) is 5.19. The van der Waals surface area contributed by atoms with Crippen molar-refractivity contribution in [2.45, 2.75) is 32.8 Å². The van der Waals surface area contributed by atoms with Crippen LogP contribution in [0.15, 0.2) is 18.2 Å². The van der Waals surface area contributed by atoms with Gasteiger partial charge in [0.15, 0.2) is 0 Å². The molecule has 1 aromatic carbocycles. The van der Waals surface area contributed by atoms with Crippen molar-refractivity contribution in [1.29, 1.82) is 0 Å². The van der Waals surface area contributed by atoms with Gasteiger partial charge in [0.05, 0.1) is 0 Å². The number of para-hydroxylation sites is 1. The lowest BCUT2D eigenvalue weighted by Gasteiger charge is -2.20. The maximum absolute atomic E-state index is 9.99. The summed E-state index contributed by atoms with van der Waals surface area (Å²) >= 11 is 0. The number of nitrogens with zero attached hydrogens (tertiary/aromatic N) is 1. The van der Waals surface area contributed by atoms with Crippen LogP contribution in [0.1, 0.15) is 24.0 Å². The Kier molecular flexibility index (Phi) is 4.61. The van der Waals surface area contributed by atoms with Crippen LogP contribution in [-0.4, -0.2) is 42.4 Å². The zero-order chi connectivity index (χ0) is 13.0. The Labute approximate surface area is 109 Å². The van der Waals surface area contributed by atoms with Crippen molar-refractivity contribution in [3.8, 4) is 5.75 Å². The summed E-state index contributed by atoms with van der Waals surface area (Å²) in [6, 6.07) is 6.10. The molecule has 3 heteroatoms. The minimum atomic E-state index is -0.401. The molecule has 1 heterocycles. The molecular formula is C15H23NO2. The molecule has 2 rings (SSSR count). The predicted molar refractivity (Wildman–Crippen MR) is 73.1 cm³/mol. The zero-order valence-electron chi connectivity index (χ0n) is 11.4. The summed E-state index contributed by atoms with van der Waals surface area (Å²) < 4.78 is 5.76. The molecular weight excluding hydrogens is 226 g/mol. The van der Waals surface area contributed by atoms with E-state index in [-0.39, 0.29) is 0 Å². The average molecular weight is 249 g/mol. The van der Waals surface area contributed by atoms with Crippen molar-refractivity contribution in [3.63, 3.8) is 0 Å². The van der Waals surface area contributed by atoms with Gasteiger partial charge in [-0.3, -0.25) is 0 Å². The first-order chi connectivity index (χ1) is 8.66. The minimum absolute atomic E-state index is 0.377. The molecule has 0 aromatic heterocycles. The normalized spacial score (nSPS) is 17.9. The van der Waals surface area contributed by atoms with Crippen LogP contribution >= 0.6 is 0 Å². The van der Waals surface area contributed by atoms with Crippen molar-refractivity contribution < 1.29 is 9.84 Å². The van der Waals surface area contributed by atoms with Crippen molar-refractivity contribution >= 4 is 0 Å². The first kappa shape index (κ1) is 13.4. The Bertz CT molecular complexity index is 366. The van der Waals surface area contributed by atoms with E-state index in [0.29, 0.717) is 6.61 Å². The molecule has 1 fully saturated rings. The lowest BCUT2D eigenvalue weighted by molar-refractivity contribution is 0.0753. The van der Waals surface area contributed by atoms with Crippen LogP contribution in [0.4, 0.5) is 0 Å². The fourth-order valence-electron chi connectivity index (χ4n) is 2.52. The molecule has 18 heavy (non-hydrogen) atoms. The third-order valence-electron chi connectivity index (χ3n) is 3.50. The summed E-state index contributed by atoms with van der Waals surface area (Å²) in [6.07, 6.45) is 2.11. The molecule has 0 bridgehead atoms. The number of aliphatic hydroxyl groups excluding tert-OH is 1. The Balaban J connectivity index is 1.83. The highest BCUT2D eigenvalue weighted by Crippen LogP contribution is 2.22. The van der Waals surface area contributed by atoms with Gasteiger partial charge in [-0.15, -0.1) is 0 Å². The van der Waals surface area contributed by atoms with Crippen LogP contribution in [-0.2, 0) is 0 Å². The first-order valence-electron chi connectivity index (χ1n) is 6.76. The Morgan fingerprint density at radius 2 is 1.83 bits per heavy atom. The number of aryl methyl sites for hydroxylation is 2. The number of likely N-dealkylation sites (tertiary alicyclic amines) is 1. The van der Waals surface area contributed by atoms with Crippen LogP contribution in [0, 0.1) is 13.8 Å². The van der Waals surface area contributed by atoms with Crippen molar-refractivity contribution in [3.05, 3.63) is 29.3 Å². The molecule has 100 valence electrons. The molecule has 3 nitrogen and oxygen atoms in total. The lowest BCUT2D eigenvalue weighted by atomic mass is 10.1. The van der Waals surface area contributed by atoms with E-state index < -0.39 is 6.10 Å². The van der Waals surface area contributed by atoms with E-state index in [9.17, 15) is 5.11 Å². The van der Waals surface area contributed by atoms with Crippen LogP contribution < -0.4 is 4.74 Å². The monoisotopic (exact) mass is 249 g/mol. The molecule has 0 amide bonds. The number of rotatable bonds is 5. The summed E-state index contributed by atoms with van der Waals surface area (Å²) in [5.74, 6) is 0.915. The van der Waals surface area contributed by atoms with Crippen molar-refractivity contribution in [2.24, 2.45) is 0 Å². The van der Waals surface area contributed by atoms with E-state index in [1.807, 2.05) is 32.0 Å². The van der Waals surface area contributed by atoms with Gasteiger partial charge >= 0.3 is 0 Å². The molecule has 1 N–H and O–H groups in total. The topological polar surface area (TPSA) is 32.7 Å². The smallest absolute Gasteiger partial charge is 0.125 e. The van der Waals surface area contributed by atoms with E-state index in [4.69, 9.17) is 4.74 Å². The highest BCUT2D eigenvalue weighted by Gasteiger charge is 2.16. The SMILES string of the molecule is Cc1cccc(C)c1OC[C@@H](O)CN1CCCC1. The van der Waals surface area contributed by atoms with Gasteiger partial charge in [0.2, 0.25) is 0 Å². The number of ether oxygens (including phenoxy) is 1. The molecule has 1 aliphatic heterocycles. The summed E-state index contributed by atoms with van der Waals surface area (Å²) in [5, 5.41) is 9.99. The molecule has 1 aliphatic rings. The highest BCUT2D eigenvalue weighted by molar-refractivity contribution is 5.39. The lowest BCUT2D eigenvalue weighted by Crippen LogP contribution is -2.33. The van der Waals surface area contributed by atoms with Gasteiger partial charge in [-0.1, -0.05) is 18.2 Å². The molecule has 0 aliphatic carbocycles. The second-order valence-corrected chi connectivity index (χ2v) is 5.19. The largest absolute Gasteiger partial charge is 0.490 e. The van der Waals surface area contributed by atoms with Gasteiger partial charge in [0, 0.05) is 6.54 Å². The van der Waals surface area contributed by atoms with E-state index >= 15 is 0 Å². The third-order valence-corrected chi connectivity index (χ3v) is 3.50. The Hall–Kier alpha value is -1.06. The van der Waals surface area contributed by atoms with Gasteiger partial charge in [0.1, 0.15) is 18.5 Å². The standard InChI is InChI=1S/C15H23NO2/c1-12-6-5-7-13(2)15(12)18-11-14(17)10-16-8-3-4-9-16/h5-7,14,17H,3-4,8-11H2,1-2H3/t14-/m0/s1. The van der Waals surface area contributed by atoms with Crippen LogP contribution in [0.2, 0.25) is 0 Å². The summed E-state index contributed by atoms with van der Waals surface area (Å²) in [7, 11) is 0. The van der Waals surface area contributed by atoms with Gasteiger partial charge in [-0.25, -0.2) is 0 Å². The van der Waals surface area contributed by atoms with E-state index in [1.165, 1.54) is 12.8 Å². The Morgan fingerprint density at radius 1 is 1.22 bits per heavy atom. The summed E-state index contributed by atoms with van der Waals surface area (Å²) in [6.45, 7) is 7.40. The molecule has 0 unspecified atom stereocenters. The van der Waals surface area contributed by atoms with Crippen LogP contribution in [0.3, 0.4) is 0 Å². The molecule has 1 atom stereocenters. The van der Waals surface area contributed by atoms with Crippen molar-refractivity contribution in [1.82, 2.24) is 4.90 Å². The van der Waals surface area contributed by atoms with Gasteiger partial charge < -0.3 is 14.7 Å². The highest BCUT2D eigenvalue weighted by atomic mass is 16.5. The first-order valence-corrected chi connectivity index (χ1v) is 6.76. The number of hydrogen-bond acceptors (Lipinski definition) is 3. The minimum Gasteiger partial charge on any atom is -0.490 e. The number of benzene rings is 1. The van der Waals surface area contributed by atoms with Gasteiger partial charge in [0.25, 0.3) is 0 Å². The maximum atomic E-state index is 9.99. The van der Waals surface area contributed by atoms with E-state index in [2.05, 4.69) is 4.90 Å². The van der Waals surface area contributed by atoms with Crippen molar-refractivity contribution in [2.75, 3.05) is 26.2 Å². The van der Waals surface area contributed by atoms with E-state index in [1.54, 1.807) is 0 Å². The molecule has 1 aromatic rings. The number of aliphatic hydroxyl groups is 1. The summed E-state index contributed by atoms with van der Waals surface area (Å²) in [5.41, 5.74) is 2.26. The number of hydrogen-bond donors (Lipinski definition) is 1. The van der Waals surface area contributed by atoms with Crippen LogP contribution in [0.5, 0.6) is 5.75 Å². The van der Waals surface area contributed by atoms with Crippen LogP contribution in [0.25, 0.3) is 0 Å². The average Bonchev–Trinajstić information content (AvgIpc) is 2.81. The predicted octanol–water partition coefficient (Wildman–Crippen LogP) is 2.14. The molecule has 0 saturated carbocycles. The Morgan fingerprint density at radius 3 is 2.44 bits per heavy atom. The number of β-amino-alcohol motifs (C(OH)–C–C–N with tert-alkyl or cyclic N) is 1. The fraction of sp³-hybridized carbons (Fsp3) is 0.600. The quantitative estimate of drug-likeness (QED) is 0.868. The molecule has 0 radical (unpaired) electrons. The second kappa shape index (κ2) is 6.21. The molecule has 1 saturated heterocycles. The third kappa shape index (κ3) is 3.47. The van der Waals surface area contributed by atoms with Gasteiger partial charge in [-0.2, -0.15) is 0 Å². The summed E-state index contributed by atoms with van der Waals surface area (Å²) in [4.78, 5) is 2.30. The van der Waals surface area contributed by atoms with E-state index in [0.717, 1.165) is 36.5 Å².